The first-order valence-electron chi connectivity index (χ1n) is 7.12. The van der Waals surface area contributed by atoms with Gasteiger partial charge in [0.15, 0.2) is 11.5 Å². The number of benzene rings is 1. The Morgan fingerprint density at radius 2 is 2.11 bits per heavy atom. The zero-order valence-corrected chi connectivity index (χ0v) is 11.7. The molecule has 2 heterocycles. The molecule has 1 aromatic rings. The van der Waals surface area contributed by atoms with E-state index in [0.29, 0.717) is 6.04 Å². The lowest BCUT2D eigenvalue weighted by atomic mass is 10.1. The summed E-state index contributed by atoms with van der Waals surface area (Å²) in [6, 6.07) is 6.62. The van der Waals surface area contributed by atoms with Crippen molar-refractivity contribution in [2.75, 3.05) is 18.4 Å². The Morgan fingerprint density at radius 3 is 2.89 bits per heavy atom. The van der Waals surface area contributed by atoms with Crippen molar-refractivity contribution in [3.8, 4) is 11.5 Å². The summed E-state index contributed by atoms with van der Waals surface area (Å²) < 4.78 is 11.4. The van der Waals surface area contributed by atoms with Crippen molar-refractivity contribution < 1.29 is 9.47 Å². The van der Waals surface area contributed by atoms with Crippen molar-refractivity contribution in [1.82, 2.24) is 5.32 Å². The second-order valence-electron chi connectivity index (χ2n) is 5.79. The van der Waals surface area contributed by atoms with E-state index in [1.165, 1.54) is 19.3 Å². The fourth-order valence-electron chi connectivity index (χ4n) is 2.67. The minimum absolute atomic E-state index is 0.550. The summed E-state index contributed by atoms with van der Waals surface area (Å²) in [5.41, 5.74) is 1.09. The van der Waals surface area contributed by atoms with Crippen LogP contribution in [0.5, 0.6) is 11.5 Å². The maximum atomic E-state index is 5.75. The van der Waals surface area contributed by atoms with Crippen molar-refractivity contribution in [3.05, 3.63) is 18.2 Å². The van der Waals surface area contributed by atoms with Gasteiger partial charge in [0.25, 0.3) is 0 Å². The van der Waals surface area contributed by atoms with E-state index in [1.54, 1.807) is 0 Å². The standard InChI is InChI=1S/C15H22N2O2/c1-15(2)18-13-7-6-11(9-14(13)19-15)17-10-12-5-3-4-8-16-12/h6-7,9,12,16-17H,3-5,8,10H2,1-2H3. The van der Waals surface area contributed by atoms with Crippen LogP contribution in [0.3, 0.4) is 0 Å². The highest BCUT2D eigenvalue weighted by atomic mass is 16.7. The highest BCUT2D eigenvalue weighted by Crippen LogP contribution is 2.40. The third kappa shape index (κ3) is 2.95. The number of hydrogen-bond donors (Lipinski definition) is 2. The van der Waals surface area contributed by atoms with E-state index in [4.69, 9.17) is 9.47 Å². The quantitative estimate of drug-likeness (QED) is 0.879. The second kappa shape index (κ2) is 4.93. The molecule has 3 rings (SSSR count). The number of piperidine rings is 1. The van der Waals surface area contributed by atoms with Gasteiger partial charge in [0, 0.05) is 38.2 Å². The summed E-state index contributed by atoms with van der Waals surface area (Å²) in [6.07, 6.45) is 3.88. The minimum Gasteiger partial charge on any atom is -0.449 e. The van der Waals surface area contributed by atoms with Crippen LogP contribution < -0.4 is 20.1 Å². The molecule has 0 radical (unpaired) electrons. The van der Waals surface area contributed by atoms with Crippen molar-refractivity contribution >= 4 is 5.69 Å². The predicted molar refractivity (Wildman–Crippen MR) is 75.9 cm³/mol. The number of nitrogens with one attached hydrogen (secondary N) is 2. The molecule has 0 aromatic heterocycles. The summed E-state index contributed by atoms with van der Waals surface area (Å²) in [4.78, 5) is 0. The van der Waals surface area contributed by atoms with Crippen molar-refractivity contribution in [2.24, 2.45) is 0 Å². The molecule has 1 aromatic carbocycles. The normalized spacial score (nSPS) is 24.2. The molecule has 1 fully saturated rings. The number of fused-ring (bicyclic) bond motifs is 1. The van der Waals surface area contributed by atoms with Gasteiger partial charge in [-0.2, -0.15) is 0 Å². The lowest BCUT2D eigenvalue weighted by Crippen LogP contribution is -2.39. The lowest BCUT2D eigenvalue weighted by molar-refractivity contribution is -0.0431. The molecule has 104 valence electrons. The smallest absolute Gasteiger partial charge is 0.246 e. The molecule has 4 nitrogen and oxygen atoms in total. The topological polar surface area (TPSA) is 42.5 Å². The molecule has 1 atom stereocenters. The van der Waals surface area contributed by atoms with Crippen molar-refractivity contribution in [2.45, 2.75) is 44.9 Å². The highest BCUT2D eigenvalue weighted by Gasteiger charge is 2.31. The summed E-state index contributed by atoms with van der Waals surface area (Å²) >= 11 is 0. The van der Waals surface area contributed by atoms with Crippen molar-refractivity contribution in [3.63, 3.8) is 0 Å². The average molecular weight is 262 g/mol. The molecular weight excluding hydrogens is 240 g/mol. The Balaban J connectivity index is 1.60. The van der Waals surface area contributed by atoms with Crippen LogP contribution in [-0.2, 0) is 0 Å². The summed E-state index contributed by atoms with van der Waals surface area (Å²) in [5, 5.41) is 7.01. The molecule has 0 spiro atoms. The van der Waals surface area contributed by atoms with Gasteiger partial charge in [0.2, 0.25) is 5.79 Å². The zero-order chi connectivity index (χ0) is 13.3. The molecule has 0 aliphatic carbocycles. The Bertz CT molecular complexity index is 453. The molecule has 4 heteroatoms. The van der Waals surface area contributed by atoms with E-state index in [0.717, 1.165) is 30.3 Å². The summed E-state index contributed by atoms with van der Waals surface area (Å²) in [6.45, 7) is 5.95. The van der Waals surface area contributed by atoms with Gasteiger partial charge >= 0.3 is 0 Å². The number of ether oxygens (including phenoxy) is 2. The fourth-order valence-corrected chi connectivity index (χ4v) is 2.67. The number of rotatable bonds is 3. The highest BCUT2D eigenvalue weighted by molar-refractivity contribution is 5.56. The SMILES string of the molecule is CC1(C)Oc2ccc(NCC3CCCCN3)cc2O1. The van der Waals surface area contributed by atoms with Crippen LogP contribution >= 0.6 is 0 Å². The molecule has 2 aliphatic heterocycles. The first kappa shape index (κ1) is 12.6. The Labute approximate surface area is 114 Å². The Morgan fingerprint density at radius 1 is 1.26 bits per heavy atom. The largest absolute Gasteiger partial charge is 0.449 e. The first-order chi connectivity index (χ1) is 9.12. The third-order valence-corrected chi connectivity index (χ3v) is 3.62. The molecule has 0 saturated carbocycles. The van der Waals surface area contributed by atoms with Crippen LogP contribution in [0.1, 0.15) is 33.1 Å². The van der Waals surface area contributed by atoms with Crippen LogP contribution in [0, 0.1) is 0 Å². The van der Waals surface area contributed by atoms with Gasteiger partial charge in [-0.15, -0.1) is 0 Å². The van der Waals surface area contributed by atoms with Gasteiger partial charge in [-0.25, -0.2) is 0 Å². The van der Waals surface area contributed by atoms with Crippen LogP contribution in [0.15, 0.2) is 18.2 Å². The van der Waals surface area contributed by atoms with Crippen LogP contribution in [-0.4, -0.2) is 24.9 Å². The molecule has 0 amide bonds. The van der Waals surface area contributed by atoms with E-state index in [9.17, 15) is 0 Å². The lowest BCUT2D eigenvalue weighted by Gasteiger charge is -2.24. The van der Waals surface area contributed by atoms with Crippen LogP contribution in [0.4, 0.5) is 5.69 Å². The summed E-state index contributed by atoms with van der Waals surface area (Å²) in [7, 11) is 0. The molecule has 2 N–H and O–H groups in total. The van der Waals surface area contributed by atoms with Gasteiger partial charge in [0.05, 0.1) is 0 Å². The minimum atomic E-state index is -0.550. The third-order valence-electron chi connectivity index (χ3n) is 3.62. The van der Waals surface area contributed by atoms with Crippen LogP contribution in [0.25, 0.3) is 0 Å². The molecule has 1 saturated heterocycles. The number of hydrogen-bond acceptors (Lipinski definition) is 4. The average Bonchev–Trinajstić information content (AvgIpc) is 2.70. The fraction of sp³-hybridized carbons (Fsp3) is 0.600. The van der Waals surface area contributed by atoms with Crippen molar-refractivity contribution in [1.29, 1.82) is 0 Å². The van der Waals surface area contributed by atoms with Gasteiger partial charge in [-0.1, -0.05) is 6.42 Å². The monoisotopic (exact) mass is 262 g/mol. The maximum Gasteiger partial charge on any atom is 0.246 e. The Hall–Kier alpha value is -1.42. The van der Waals surface area contributed by atoms with Gasteiger partial charge in [0.1, 0.15) is 0 Å². The second-order valence-corrected chi connectivity index (χ2v) is 5.79. The zero-order valence-electron chi connectivity index (χ0n) is 11.7. The Kier molecular flexibility index (Phi) is 3.27. The maximum absolute atomic E-state index is 5.75. The molecule has 2 aliphatic rings. The molecular formula is C15H22N2O2. The van der Waals surface area contributed by atoms with E-state index in [2.05, 4.69) is 10.6 Å². The van der Waals surface area contributed by atoms with E-state index in [1.807, 2.05) is 32.0 Å². The van der Waals surface area contributed by atoms with Gasteiger partial charge in [-0.05, 0) is 31.5 Å². The van der Waals surface area contributed by atoms with E-state index in [-0.39, 0.29) is 0 Å². The number of anilines is 1. The van der Waals surface area contributed by atoms with Gasteiger partial charge < -0.3 is 20.1 Å². The van der Waals surface area contributed by atoms with Crippen LogP contribution in [0.2, 0.25) is 0 Å². The molecule has 0 bridgehead atoms. The van der Waals surface area contributed by atoms with E-state index < -0.39 is 5.79 Å². The predicted octanol–water partition coefficient (Wildman–Crippen LogP) is 2.75. The molecule has 19 heavy (non-hydrogen) atoms. The van der Waals surface area contributed by atoms with E-state index >= 15 is 0 Å². The molecule has 1 unspecified atom stereocenters. The van der Waals surface area contributed by atoms with Gasteiger partial charge in [-0.3, -0.25) is 0 Å². The summed E-state index contributed by atoms with van der Waals surface area (Å²) in [5.74, 6) is 1.10. The first-order valence-corrected chi connectivity index (χ1v) is 7.12.